The molecule has 6 heteroatoms. The predicted molar refractivity (Wildman–Crippen MR) is 80.0 cm³/mol. The number of aryl methyl sites for hydroxylation is 2. The van der Waals surface area contributed by atoms with Crippen molar-refractivity contribution in [1.82, 2.24) is 4.98 Å². The van der Waals surface area contributed by atoms with Crippen LogP contribution in [0.1, 0.15) is 18.2 Å². The molecule has 0 bridgehead atoms. The van der Waals surface area contributed by atoms with E-state index in [0.29, 0.717) is 17.9 Å². The van der Waals surface area contributed by atoms with E-state index in [1.807, 2.05) is 6.92 Å². The van der Waals surface area contributed by atoms with Gasteiger partial charge in [0.05, 0.1) is 4.90 Å². The standard InChI is InChI=1S/C14H17N3O2S/c1-3-11-7-8-12(15)9-13(11)20(18,19)17-14-6-4-5-10(2)16-14/h4-9H,3,15H2,1-2H3,(H,16,17). The summed E-state index contributed by atoms with van der Waals surface area (Å²) in [4.78, 5) is 4.34. The zero-order valence-electron chi connectivity index (χ0n) is 11.4. The van der Waals surface area contributed by atoms with Crippen LogP contribution >= 0.6 is 0 Å². The first-order valence-corrected chi connectivity index (χ1v) is 7.75. The number of nitrogens with one attached hydrogen (secondary N) is 1. The van der Waals surface area contributed by atoms with Crippen molar-refractivity contribution in [3.63, 3.8) is 0 Å². The minimum absolute atomic E-state index is 0.198. The van der Waals surface area contributed by atoms with Crippen LogP contribution < -0.4 is 10.5 Å². The molecule has 2 aromatic rings. The SMILES string of the molecule is CCc1ccc(N)cc1S(=O)(=O)Nc1cccc(C)n1. The van der Waals surface area contributed by atoms with E-state index >= 15 is 0 Å². The molecule has 0 aliphatic rings. The van der Waals surface area contributed by atoms with Gasteiger partial charge in [-0.25, -0.2) is 13.4 Å². The molecule has 0 saturated carbocycles. The normalized spacial score (nSPS) is 11.3. The largest absolute Gasteiger partial charge is 0.399 e. The van der Waals surface area contributed by atoms with E-state index in [9.17, 15) is 8.42 Å². The van der Waals surface area contributed by atoms with Gasteiger partial charge in [0.15, 0.2) is 0 Å². The second-order valence-corrected chi connectivity index (χ2v) is 6.14. The van der Waals surface area contributed by atoms with E-state index in [2.05, 4.69) is 9.71 Å². The van der Waals surface area contributed by atoms with Gasteiger partial charge < -0.3 is 5.73 Å². The highest BCUT2D eigenvalue weighted by atomic mass is 32.2. The fourth-order valence-corrected chi connectivity index (χ4v) is 3.25. The van der Waals surface area contributed by atoms with Gasteiger partial charge in [0.25, 0.3) is 10.0 Å². The first-order chi connectivity index (χ1) is 9.42. The lowest BCUT2D eigenvalue weighted by Gasteiger charge is -2.12. The monoisotopic (exact) mass is 291 g/mol. The van der Waals surface area contributed by atoms with Gasteiger partial charge in [0, 0.05) is 11.4 Å². The summed E-state index contributed by atoms with van der Waals surface area (Å²) in [5.74, 6) is 0.300. The first kappa shape index (κ1) is 14.3. The maximum Gasteiger partial charge on any atom is 0.263 e. The van der Waals surface area contributed by atoms with Gasteiger partial charge in [0.2, 0.25) is 0 Å². The van der Waals surface area contributed by atoms with Crippen LogP contribution in [-0.4, -0.2) is 13.4 Å². The zero-order valence-corrected chi connectivity index (χ0v) is 12.2. The van der Waals surface area contributed by atoms with Gasteiger partial charge in [-0.1, -0.05) is 19.1 Å². The minimum Gasteiger partial charge on any atom is -0.399 e. The summed E-state index contributed by atoms with van der Waals surface area (Å²) < 4.78 is 27.4. The Labute approximate surface area is 118 Å². The Balaban J connectivity index is 2.43. The number of sulfonamides is 1. The molecule has 0 saturated heterocycles. The molecular weight excluding hydrogens is 274 g/mol. The highest BCUT2D eigenvalue weighted by molar-refractivity contribution is 7.92. The lowest BCUT2D eigenvalue weighted by atomic mass is 10.1. The number of aromatic nitrogens is 1. The number of hydrogen-bond acceptors (Lipinski definition) is 4. The van der Waals surface area contributed by atoms with Crippen molar-refractivity contribution in [2.24, 2.45) is 0 Å². The summed E-state index contributed by atoms with van der Waals surface area (Å²) in [5.41, 5.74) is 7.57. The third-order valence-corrected chi connectivity index (χ3v) is 4.33. The van der Waals surface area contributed by atoms with E-state index in [-0.39, 0.29) is 4.90 Å². The number of benzene rings is 1. The molecule has 1 aromatic heterocycles. The summed E-state index contributed by atoms with van der Waals surface area (Å²) in [5, 5.41) is 0. The average molecular weight is 291 g/mol. The topological polar surface area (TPSA) is 85.1 Å². The average Bonchev–Trinajstić information content (AvgIpc) is 2.38. The number of pyridine rings is 1. The molecule has 1 aromatic carbocycles. The molecule has 0 unspecified atom stereocenters. The van der Waals surface area contributed by atoms with Crippen molar-refractivity contribution in [3.8, 4) is 0 Å². The summed E-state index contributed by atoms with van der Waals surface area (Å²) >= 11 is 0. The summed E-state index contributed by atoms with van der Waals surface area (Å²) in [6.07, 6.45) is 0.609. The fourth-order valence-electron chi connectivity index (χ4n) is 1.91. The number of hydrogen-bond donors (Lipinski definition) is 2. The Bertz CT molecular complexity index is 727. The summed E-state index contributed by atoms with van der Waals surface area (Å²) in [6.45, 7) is 3.70. The van der Waals surface area contributed by atoms with E-state index in [1.54, 1.807) is 37.3 Å². The van der Waals surface area contributed by atoms with Gasteiger partial charge in [-0.2, -0.15) is 0 Å². The molecule has 106 valence electrons. The highest BCUT2D eigenvalue weighted by Crippen LogP contribution is 2.22. The van der Waals surface area contributed by atoms with E-state index in [1.165, 1.54) is 6.07 Å². The number of anilines is 2. The number of nitrogens with zero attached hydrogens (tertiary/aromatic N) is 1. The third kappa shape index (κ3) is 3.08. The molecule has 20 heavy (non-hydrogen) atoms. The van der Waals surface area contributed by atoms with Gasteiger partial charge in [-0.05, 0) is 43.2 Å². The van der Waals surface area contributed by atoms with Crippen LogP contribution in [0, 0.1) is 6.92 Å². The highest BCUT2D eigenvalue weighted by Gasteiger charge is 2.18. The maximum absolute atomic E-state index is 12.4. The number of nitrogen functional groups attached to an aromatic ring is 1. The number of nitrogens with two attached hydrogens (primary N) is 1. The van der Waals surface area contributed by atoms with Gasteiger partial charge >= 0.3 is 0 Å². The van der Waals surface area contributed by atoms with E-state index in [0.717, 1.165) is 11.3 Å². The van der Waals surface area contributed by atoms with Crippen LogP contribution in [0.3, 0.4) is 0 Å². The van der Waals surface area contributed by atoms with Crippen molar-refractivity contribution >= 4 is 21.5 Å². The molecule has 5 nitrogen and oxygen atoms in total. The van der Waals surface area contributed by atoms with Crippen LogP contribution in [-0.2, 0) is 16.4 Å². The van der Waals surface area contributed by atoms with Crippen LogP contribution in [0.5, 0.6) is 0 Å². The molecule has 0 atom stereocenters. The van der Waals surface area contributed by atoms with Crippen LogP contribution in [0.4, 0.5) is 11.5 Å². The van der Waals surface area contributed by atoms with Crippen molar-refractivity contribution in [2.75, 3.05) is 10.5 Å². The third-order valence-electron chi connectivity index (χ3n) is 2.89. The van der Waals surface area contributed by atoms with Gasteiger partial charge in [-0.15, -0.1) is 0 Å². The molecule has 0 aliphatic heterocycles. The summed E-state index contributed by atoms with van der Waals surface area (Å²) in [6, 6.07) is 10.1. The Morgan fingerprint density at radius 3 is 2.65 bits per heavy atom. The van der Waals surface area contributed by atoms with Crippen molar-refractivity contribution < 1.29 is 8.42 Å². The quantitative estimate of drug-likeness (QED) is 0.847. The van der Waals surface area contributed by atoms with Crippen LogP contribution in [0.25, 0.3) is 0 Å². The molecule has 0 fully saturated rings. The zero-order chi connectivity index (χ0) is 14.8. The first-order valence-electron chi connectivity index (χ1n) is 6.27. The van der Waals surface area contributed by atoms with E-state index < -0.39 is 10.0 Å². The smallest absolute Gasteiger partial charge is 0.263 e. The van der Waals surface area contributed by atoms with Crippen LogP contribution in [0.2, 0.25) is 0 Å². The van der Waals surface area contributed by atoms with Crippen molar-refractivity contribution in [3.05, 3.63) is 47.7 Å². The second kappa shape index (κ2) is 5.50. The molecule has 1 heterocycles. The number of rotatable bonds is 4. The Morgan fingerprint density at radius 1 is 1.25 bits per heavy atom. The molecule has 0 aliphatic carbocycles. The predicted octanol–water partition coefficient (Wildman–Crippen LogP) is 2.34. The van der Waals surface area contributed by atoms with Gasteiger partial charge in [0.1, 0.15) is 5.82 Å². The molecule has 3 N–H and O–H groups in total. The van der Waals surface area contributed by atoms with Crippen molar-refractivity contribution in [1.29, 1.82) is 0 Å². The molecular formula is C14H17N3O2S. The minimum atomic E-state index is -3.69. The lowest BCUT2D eigenvalue weighted by molar-refractivity contribution is 0.600. The van der Waals surface area contributed by atoms with E-state index in [4.69, 9.17) is 5.73 Å². The molecule has 0 amide bonds. The molecule has 2 rings (SSSR count). The molecule has 0 spiro atoms. The Morgan fingerprint density at radius 2 is 2.00 bits per heavy atom. The fraction of sp³-hybridized carbons (Fsp3) is 0.214. The Hall–Kier alpha value is -2.08. The second-order valence-electron chi connectivity index (χ2n) is 4.49. The Kier molecular flexibility index (Phi) is 3.94. The molecule has 0 radical (unpaired) electrons. The van der Waals surface area contributed by atoms with Gasteiger partial charge in [-0.3, -0.25) is 4.72 Å². The lowest BCUT2D eigenvalue weighted by Crippen LogP contribution is -2.16. The van der Waals surface area contributed by atoms with Crippen molar-refractivity contribution in [2.45, 2.75) is 25.2 Å². The van der Waals surface area contributed by atoms with Crippen LogP contribution in [0.15, 0.2) is 41.3 Å². The summed E-state index contributed by atoms with van der Waals surface area (Å²) in [7, 11) is -3.69. The maximum atomic E-state index is 12.4.